The van der Waals surface area contributed by atoms with Gasteiger partial charge in [0.05, 0.1) is 0 Å². The van der Waals surface area contributed by atoms with E-state index in [0.29, 0.717) is 0 Å². The minimum atomic E-state index is -4.39. The highest BCUT2D eigenvalue weighted by Gasteiger charge is 2.27. The summed E-state index contributed by atoms with van der Waals surface area (Å²) in [6, 6.07) is 0. The molecular formula is C6H12NO5P. The first-order chi connectivity index (χ1) is 5.74. The van der Waals surface area contributed by atoms with Gasteiger partial charge in [0.2, 0.25) is 0 Å². The summed E-state index contributed by atoms with van der Waals surface area (Å²) in [6.07, 6.45) is -0.992. The van der Waals surface area contributed by atoms with Crippen LogP contribution in [0.1, 0.15) is 13.8 Å². The Kier molecular flexibility index (Phi) is 4.29. The zero-order valence-corrected chi connectivity index (χ0v) is 8.28. The van der Waals surface area contributed by atoms with Gasteiger partial charge < -0.3 is 10.3 Å². The molecule has 0 rings (SSSR count). The van der Waals surface area contributed by atoms with Gasteiger partial charge in [-0.1, -0.05) is 6.58 Å². The van der Waals surface area contributed by atoms with Crippen LogP contribution in [0.25, 0.3) is 0 Å². The lowest BCUT2D eigenvalue weighted by Gasteiger charge is -2.13. The Bertz CT molecular complexity index is 262. The van der Waals surface area contributed by atoms with Crippen LogP contribution < -0.4 is 5.73 Å². The minimum Gasteiger partial charge on any atom is -0.367 e. The molecule has 0 aromatic rings. The molecule has 76 valence electrons. The molecular weight excluding hydrogens is 197 g/mol. The lowest BCUT2D eigenvalue weighted by atomic mass is 10.4. The van der Waals surface area contributed by atoms with Crippen LogP contribution in [0.5, 0.6) is 0 Å². The van der Waals surface area contributed by atoms with E-state index >= 15 is 0 Å². The largest absolute Gasteiger partial charge is 0.531 e. The van der Waals surface area contributed by atoms with Crippen LogP contribution in [0.15, 0.2) is 12.2 Å². The Morgan fingerprint density at radius 2 is 2.15 bits per heavy atom. The van der Waals surface area contributed by atoms with Gasteiger partial charge in [0, 0.05) is 5.57 Å². The Morgan fingerprint density at radius 1 is 1.69 bits per heavy atom. The molecule has 3 N–H and O–H groups in total. The number of phosphoric acid groups is 1. The number of rotatable bonds is 4. The predicted octanol–water partition coefficient (Wildman–Crippen LogP) is 0.527. The fraction of sp³-hybridized carbons (Fsp3) is 0.500. The molecule has 2 unspecified atom stereocenters. The van der Waals surface area contributed by atoms with E-state index in [4.69, 9.17) is 10.6 Å². The van der Waals surface area contributed by atoms with Gasteiger partial charge in [-0.25, -0.2) is 9.36 Å². The van der Waals surface area contributed by atoms with Crippen molar-refractivity contribution in [1.82, 2.24) is 0 Å². The van der Waals surface area contributed by atoms with Crippen LogP contribution in [-0.4, -0.2) is 17.1 Å². The van der Waals surface area contributed by atoms with E-state index in [2.05, 4.69) is 15.6 Å². The first kappa shape index (κ1) is 12.3. The number of carbonyl (C=O) groups excluding carboxylic acids is 1. The summed E-state index contributed by atoms with van der Waals surface area (Å²) in [7, 11) is -4.39. The third-order valence-electron chi connectivity index (χ3n) is 0.846. The van der Waals surface area contributed by atoms with E-state index in [9.17, 15) is 9.36 Å². The van der Waals surface area contributed by atoms with Crippen molar-refractivity contribution >= 4 is 13.8 Å². The molecule has 0 aromatic carbocycles. The Labute approximate surface area is 75.9 Å². The average Bonchev–Trinajstić information content (AvgIpc) is 1.81. The smallest absolute Gasteiger partial charge is 0.367 e. The maximum absolute atomic E-state index is 10.9. The van der Waals surface area contributed by atoms with Crippen molar-refractivity contribution in [3.8, 4) is 0 Å². The van der Waals surface area contributed by atoms with Gasteiger partial charge in [-0.15, -0.1) is 0 Å². The molecule has 0 aliphatic heterocycles. The summed E-state index contributed by atoms with van der Waals surface area (Å²) >= 11 is 0. The third-order valence-corrected chi connectivity index (χ3v) is 1.84. The molecule has 0 saturated heterocycles. The average molecular weight is 209 g/mol. The number of hydrogen-bond donors (Lipinski definition) is 2. The van der Waals surface area contributed by atoms with E-state index in [0.717, 1.165) is 0 Å². The Balaban J connectivity index is 4.26. The quantitative estimate of drug-likeness (QED) is 0.398. The fourth-order valence-electron chi connectivity index (χ4n) is 0.414. The Morgan fingerprint density at radius 3 is 2.46 bits per heavy atom. The fourth-order valence-corrected chi connectivity index (χ4v) is 1.24. The van der Waals surface area contributed by atoms with Crippen molar-refractivity contribution in [2.75, 3.05) is 0 Å². The van der Waals surface area contributed by atoms with Gasteiger partial charge in [-0.3, -0.25) is 9.42 Å². The van der Waals surface area contributed by atoms with Crippen LogP contribution >= 0.6 is 7.82 Å². The molecule has 0 fully saturated rings. The summed E-state index contributed by atoms with van der Waals surface area (Å²) in [5.41, 5.74) is 5.06. The van der Waals surface area contributed by atoms with Crippen molar-refractivity contribution in [3.05, 3.63) is 12.2 Å². The number of carbonyl (C=O) groups is 1. The summed E-state index contributed by atoms with van der Waals surface area (Å²) in [5.74, 6) is -0.994. The standard InChI is InChI=1S/C6H12NO5P/c1-4(2)6(8)12-13(9,10)11-5(3)7/h5H,1,7H2,2-3H3,(H,9,10). The van der Waals surface area contributed by atoms with Gasteiger partial charge in [-0.05, 0) is 13.8 Å². The van der Waals surface area contributed by atoms with Crippen molar-refractivity contribution < 1.29 is 23.3 Å². The van der Waals surface area contributed by atoms with E-state index in [1.165, 1.54) is 13.8 Å². The topological polar surface area (TPSA) is 98.9 Å². The number of nitrogens with two attached hydrogens (primary N) is 1. The molecule has 0 aromatic heterocycles. The summed E-state index contributed by atoms with van der Waals surface area (Å²) in [4.78, 5) is 19.6. The van der Waals surface area contributed by atoms with Gasteiger partial charge in [0.1, 0.15) is 6.23 Å². The van der Waals surface area contributed by atoms with E-state index < -0.39 is 20.0 Å². The first-order valence-corrected chi connectivity index (χ1v) is 4.90. The zero-order valence-electron chi connectivity index (χ0n) is 7.39. The highest BCUT2D eigenvalue weighted by molar-refractivity contribution is 7.48. The first-order valence-electron chi connectivity index (χ1n) is 3.41. The highest BCUT2D eigenvalue weighted by atomic mass is 31.2. The van der Waals surface area contributed by atoms with Crippen molar-refractivity contribution in [2.45, 2.75) is 20.1 Å². The van der Waals surface area contributed by atoms with Crippen LogP contribution in [0.4, 0.5) is 0 Å². The Hall–Kier alpha value is -0.680. The monoisotopic (exact) mass is 209 g/mol. The molecule has 0 aliphatic rings. The molecule has 0 aliphatic carbocycles. The third kappa shape index (κ3) is 5.54. The van der Waals surface area contributed by atoms with E-state index in [1.54, 1.807) is 0 Å². The van der Waals surface area contributed by atoms with Gasteiger partial charge in [0.25, 0.3) is 0 Å². The van der Waals surface area contributed by atoms with Gasteiger partial charge in [0.15, 0.2) is 0 Å². The molecule has 0 spiro atoms. The van der Waals surface area contributed by atoms with Crippen LogP contribution in [0.3, 0.4) is 0 Å². The molecule has 6 nitrogen and oxygen atoms in total. The predicted molar refractivity (Wildman–Crippen MR) is 45.5 cm³/mol. The molecule has 0 bridgehead atoms. The molecule has 0 amide bonds. The van der Waals surface area contributed by atoms with E-state index in [-0.39, 0.29) is 5.57 Å². The maximum Gasteiger partial charge on any atom is 0.531 e. The zero-order chi connectivity index (χ0) is 10.6. The van der Waals surface area contributed by atoms with E-state index in [1.807, 2.05) is 0 Å². The number of hydrogen-bond acceptors (Lipinski definition) is 5. The second kappa shape index (κ2) is 4.53. The second-order valence-electron chi connectivity index (χ2n) is 2.44. The maximum atomic E-state index is 10.9. The van der Waals surface area contributed by atoms with Crippen molar-refractivity contribution in [1.29, 1.82) is 0 Å². The SMILES string of the molecule is C=C(C)C(=O)OP(=O)(O)OC(C)N. The van der Waals surface area contributed by atoms with Crippen molar-refractivity contribution in [2.24, 2.45) is 5.73 Å². The molecule has 0 saturated carbocycles. The van der Waals surface area contributed by atoms with Crippen LogP contribution in [-0.2, 0) is 18.4 Å². The number of phosphoric ester groups is 1. The normalized spacial score (nSPS) is 17.2. The van der Waals surface area contributed by atoms with Crippen LogP contribution in [0.2, 0.25) is 0 Å². The summed E-state index contributed by atoms with van der Waals surface area (Å²) in [6.45, 7) is 5.90. The van der Waals surface area contributed by atoms with Gasteiger partial charge in [-0.2, -0.15) is 0 Å². The molecule has 0 heterocycles. The lowest BCUT2D eigenvalue weighted by Crippen LogP contribution is -2.19. The molecule has 2 atom stereocenters. The molecule has 7 heteroatoms. The highest BCUT2D eigenvalue weighted by Crippen LogP contribution is 2.44. The molecule has 13 heavy (non-hydrogen) atoms. The van der Waals surface area contributed by atoms with Crippen molar-refractivity contribution in [3.63, 3.8) is 0 Å². The minimum absolute atomic E-state index is 0.00236. The lowest BCUT2D eigenvalue weighted by molar-refractivity contribution is -0.131. The summed E-state index contributed by atoms with van der Waals surface area (Å²) in [5, 5.41) is 0. The van der Waals surface area contributed by atoms with Crippen LogP contribution in [0, 0.1) is 0 Å². The molecule has 0 radical (unpaired) electrons. The summed E-state index contributed by atoms with van der Waals surface area (Å²) < 4.78 is 19.3. The second-order valence-corrected chi connectivity index (χ2v) is 3.77. The van der Waals surface area contributed by atoms with Gasteiger partial charge >= 0.3 is 13.8 Å².